The second kappa shape index (κ2) is 6.11. The minimum absolute atomic E-state index is 0.0108. The van der Waals surface area contributed by atoms with Crippen molar-refractivity contribution in [3.63, 3.8) is 0 Å². The lowest BCUT2D eigenvalue weighted by molar-refractivity contribution is -0.125. The molecule has 1 rings (SSSR count). The number of carbonyl (C=O) groups is 1. The van der Waals surface area contributed by atoms with Gasteiger partial charge in [0.25, 0.3) is 0 Å². The summed E-state index contributed by atoms with van der Waals surface area (Å²) in [5, 5.41) is 3.07. The van der Waals surface area contributed by atoms with Crippen LogP contribution >= 0.6 is 0 Å². The minimum Gasteiger partial charge on any atom is -0.353 e. The van der Waals surface area contributed by atoms with E-state index < -0.39 is 0 Å². The van der Waals surface area contributed by atoms with Gasteiger partial charge in [0, 0.05) is 12.6 Å². The molecule has 1 fully saturated rings. The summed E-state index contributed by atoms with van der Waals surface area (Å²) in [6.07, 6.45) is 5.74. The lowest BCUT2D eigenvalue weighted by Gasteiger charge is -2.18. The molecule has 2 atom stereocenters. The first-order valence-electron chi connectivity index (χ1n) is 6.17. The van der Waals surface area contributed by atoms with E-state index in [1.807, 2.05) is 0 Å². The molecular weight excluding hydrogens is 188 g/mol. The molecule has 0 bridgehead atoms. The molecule has 1 aliphatic rings. The van der Waals surface area contributed by atoms with Gasteiger partial charge in [0.15, 0.2) is 0 Å². The maximum Gasteiger partial charge on any atom is 0.224 e. The van der Waals surface area contributed by atoms with Crippen molar-refractivity contribution in [3.05, 3.63) is 0 Å². The Morgan fingerprint density at radius 3 is 2.67 bits per heavy atom. The fourth-order valence-corrected chi connectivity index (χ4v) is 1.98. The summed E-state index contributed by atoms with van der Waals surface area (Å²) in [5.74, 6) is 1.02. The van der Waals surface area contributed by atoms with E-state index in [2.05, 4.69) is 19.2 Å². The monoisotopic (exact) mass is 212 g/mol. The normalized spacial score (nSPS) is 19.7. The third-order valence-corrected chi connectivity index (χ3v) is 3.06. The molecule has 15 heavy (non-hydrogen) atoms. The highest BCUT2D eigenvalue weighted by Gasteiger charge is 2.25. The van der Waals surface area contributed by atoms with Crippen molar-refractivity contribution in [2.75, 3.05) is 6.54 Å². The number of hydrogen-bond acceptors (Lipinski definition) is 2. The molecule has 0 aromatic rings. The average molecular weight is 212 g/mol. The maximum absolute atomic E-state index is 11.8. The van der Waals surface area contributed by atoms with Gasteiger partial charge in [-0.05, 0) is 25.7 Å². The molecule has 3 heteroatoms. The summed E-state index contributed by atoms with van der Waals surface area (Å²) in [6, 6.07) is 0.316. The van der Waals surface area contributed by atoms with Crippen LogP contribution in [0.15, 0.2) is 0 Å². The molecule has 0 saturated heterocycles. The number of amides is 1. The van der Waals surface area contributed by atoms with Gasteiger partial charge in [-0.3, -0.25) is 4.79 Å². The molecule has 0 aromatic carbocycles. The van der Waals surface area contributed by atoms with Crippen LogP contribution in [0.2, 0.25) is 0 Å². The third-order valence-electron chi connectivity index (χ3n) is 3.06. The van der Waals surface area contributed by atoms with Crippen LogP contribution in [0.5, 0.6) is 0 Å². The molecule has 1 aliphatic carbocycles. The van der Waals surface area contributed by atoms with Crippen molar-refractivity contribution in [1.29, 1.82) is 0 Å². The Balaban J connectivity index is 2.24. The molecule has 3 N–H and O–H groups in total. The first-order chi connectivity index (χ1) is 7.17. The van der Waals surface area contributed by atoms with Crippen molar-refractivity contribution in [1.82, 2.24) is 5.32 Å². The molecule has 0 spiro atoms. The van der Waals surface area contributed by atoms with Crippen LogP contribution < -0.4 is 11.1 Å². The molecule has 3 nitrogen and oxygen atoms in total. The predicted molar refractivity (Wildman–Crippen MR) is 62.4 cm³/mol. The maximum atomic E-state index is 11.8. The number of carbonyl (C=O) groups excluding carboxylic acids is 1. The van der Waals surface area contributed by atoms with Crippen molar-refractivity contribution >= 4 is 5.91 Å². The largest absolute Gasteiger partial charge is 0.353 e. The summed E-state index contributed by atoms with van der Waals surface area (Å²) in [5.41, 5.74) is 5.59. The zero-order chi connectivity index (χ0) is 11.3. The van der Waals surface area contributed by atoms with Crippen molar-refractivity contribution < 1.29 is 4.79 Å². The Bertz CT molecular complexity index is 202. The molecule has 1 saturated carbocycles. The Hall–Kier alpha value is -0.570. The molecule has 0 radical (unpaired) electrons. The Morgan fingerprint density at radius 2 is 2.20 bits per heavy atom. The van der Waals surface area contributed by atoms with Crippen LogP contribution in [-0.4, -0.2) is 18.5 Å². The molecule has 2 unspecified atom stereocenters. The zero-order valence-electron chi connectivity index (χ0n) is 9.96. The SMILES string of the molecule is CCCC(CN)C(=O)NC(C)CC1CC1. The van der Waals surface area contributed by atoms with E-state index >= 15 is 0 Å². The lowest BCUT2D eigenvalue weighted by Crippen LogP contribution is -2.40. The van der Waals surface area contributed by atoms with Crippen LogP contribution in [0, 0.1) is 11.8 Å². The minimum atomic E-state index is 0.0108. The molecule has 0 heterocycles. The molecular formula is C12H24N2O. The van der Waals surface area contributed by atoms with Gasteiger partial charge >= 0.3 is 0 Å². The van der Waals surface area contributed by atoms with Gasteiger partial charge in [0.05, 0.1) is 5.92 Å². The zero-order valence-corrected chi connectivity index (χ0v) is 9.96. The summed E-state index contributed by atoms with van der Waals surface area (Å²) < 4.78 is 0. The summed E-state index contributed by atoms with van der Waals surface area (Å²) in [6.45, 7) is 4.65. The van der Waals surface area contributed by atoms with Gasteiger partial charge in [-0.25, -0.2) is 0 Å². The van der Waals surface area contributed by atoms with Crippen molar-refractivity contribution in [2.24, 2.45) is 17.6 Å². The first-order valence-corrected chi connectivity index (χ1v) is 6.17. The molecule has 88 valence electrons. The predicted octanol–water partition coefficient (Wildman–Crippen LogP) is 1.67. The van der Waals surface area contributed by atoms with Gasteiger partial charge in [-0.2, -0.15) is 0 Å². The molecule has 0 aliphatic heterocycles. The molecule has 0 aromatic heterocycles. The van der Waals surface area contributed by atoms with E-state index in [-0.39, 0.29) is 11.8 Å². The van der Waals surface area contributed by atoms with Crippen LogP contribution in [0.4, 0.5) is 0 Å². The van der Waals surface area contributed by atoms with E-state index in [9.17, 15) is 4.79 Å². The van der Waals surface area contributed by atoms with E-state index in [0.29, 0.717) is 12.6 Å². The van der Waals surface area contributed by atoms with E-state index in [0.717, 1.165) is 25.2 Å². The number of hydrogen-bond donors (Lipinski definition) is 2. The van der Waals surface area contributed by atoms with Crippen molar-refractivity contribution in [2.45, 2.75) is 52.0 Å². The summed E-state index contributed by atoms with van der Waals surface area (Å²) in [4.78, 5) is 11.8. The smallest absolute Gasteiger partial charge is 0.224 e. The third kappa shape index (κ3) is 4.65. The second-order valence-electron chi connectivity index (χ2n) is 4.81. The number of rotatable bonds is 7. The Kier molecular flexibility index (Phi) is 5.09. The topological polar surface area (TPSA) is 55.1 Å². The average Bonchev–Trinajstić information content (AvgIpc) is 2.97. The van der Waals surface area contributed by atoms with Gasteiger partial charge < -0.3 is 11.1 Å². The highest BCUT2D eigenvalue weighted by Crippen LogP contribution is 2.33. The summed E-state index contributed by atoms with van der Waals surface area (Å²) in [7, 11) is 0. The van der Waals surface area contributed by atoms with Crippen molar-refractivity contribution in [3.8, 4) is 0 Å². The second-order valence-corrected chi connectivity index (χ2v) is 4.81. The fraction of sp³-hybridized carbons (Fsp3) is 0.917. The number of nitrogens with one attached hydrogen (secondary N) is 1. The van der Waals surface area contributed by atoms with Crippen LogP contribution in [0.3, 0.4) is 0 Å². The quantitative estimate of drug-likeness (QED) is 0.674. The van der Waals surface area contributed by atoms with Gasteiger partial charge in [0.2, 0.25) is 5.91 Å². The summed E-state index contributed by atoms with van der Waals surface area (Å²) >= 11 is 0. The highest BCUT2D eigenvalue weighted by atomic mass is 16.1. The van der Waals surface area contributed by atoms with Crippen LogP contribution in [0.25, 0.3) is 0 Å². The van der Waals surface area contributed by atoms with Crippen LogP contribution in [-0.2, 0) is 4.79 Å². The Morgan fingerprint density at radius 1 is 1.53 bits per heavy atom. The van der Waals surface area contributed by atoms with Gasteiger partial charge in [0.1, 0.15) is 0 Å². The Labute approximate surface area is 92.8 Å². The highest BCUT2D eigenvalue weighted by molar-refractivity contribution is 5.79. The lowest BCUT2D eigenvalue weighted by atomic mass is 10.0. The number of nitrogens with two attached hydrogens (primary N) is 1. The fourth-order valence-electron chi connectivity index (χ4n) is 1.98. The van der Waals surface area contributed by atoms with E-state index in [1.165, 1.54) is 12.8 Å². The first kappa shape index (κ1) is 12.5. The van der Waals surface area contributed by atoms with Crippen LogP contribution in [0.1, 0.15) is 46.0 Å². The van der Waals surface area contributed by atoms with Gasteiger partial charge in [-0.1, -0.05) is 26.2 Å². The van der Waals surface area contributed by atoms with E-state index in [4.69, 9.17) is 5.73 Å². The van der Waals surface area contributed by atoms with Gasteiger partial charge in [-0.15, -0.1) is 0 Å². The standard InChI is InChI=1S/C12H24N2O/c1-3-4-11(8-13)12(15)14-9(2)7-10-5-6-10/h9-11H,3-8,13H2,1-2H3,(H,14,15). The molecule has 1 amide bonds. The van der Waals surface area contributed by atoms with E-state index in [1.54, 1.807) is 0 Å².